The van der Waals surface area contributed by atoms with Gasteiger partial charge in [-0.3, -0.25) is 4.90 Å². The lowest BCUT2D eigenvalue weighted by Gasteiger charge is -2.42. The fraction of sp³-hybridized carbons (Fsp3) is 0.867. The molecular formula is C15H27NO. The zero-order valence-corrected chi connectivity index (χ0v) is 11.4. The highest BCUT2D eigenvalue weighted by Gasteiger charge is 2.43. The minimum Gasteiger partial charge on any atom is -0.388 e. The molecule has 2 aliphatic heterocycles. The summed E-state index contributed by atoms with van der Waals surface area (Å²) in [6, 6.07) is 0.412. The van der Waals surface area contributed by atoms with Crippen molar-refractivity contribution in [2.24, 2.45) is 0 Å². The molecule has 1 N–H and O–H groups in total. The highest BCUT2D eigenvalue weighted by Crippen LogP contribution is 2.36. The third-order valence-corrected chi connectivity index (χ3v) is 4.31. The molecule has 2 saturated heterocycles. The van der Waals surface area contributed by atoms with Gasteiger partial charge in [0.15, 0.2) is 0 Å². The Kier molecular flexibility index (Phi) is 4.26. The van der Waals surface area contributed by atoms with Crippen molar-refractivity contribution in [3.05, 3.63) is 11.6 Å². The Balaban J connectivity index is 1.92. The number of hydrogen-bond acceptors (Lipinski definition) is 2. The first-order valence-corrected chi connectivity index (χ1v) is 7.28. The van der Waals surface area contributed by atoms with Gasteiger partial charge in [-0.15, -0.1) is 0 Å². The van der Waals surface area contributed by atoms with Crippen LogP contribution in [0.5, 0.6) is 0 Å². The van der Waals surface area contributed by atoms with Crippen LogP contribution in [-0.2, 0) is 0 Å². The topological polar surface area (TPSA) is 23.5 Å². The van der Waals surface area contributed by atoms with Crippen LogP contribution in [0.4, 0.5) is 0 Å². The quantitative estimate of drug-likeness (QED) is 0.600. The summed E-state index contributed by atoms with van der Waals surface area (Å²) >= 11 is 0. The van der Waals surface area contributed by atoms with Crippen LogP contribution in [0, 0.1) is 0 Å². The van der Waals surface area contributed by atoms with Crippen LogP contribution in [0.15, 0.2) is 11.6 Å². The lowest BCUT2D eigenvalue weighted by molar-refractivity contribution is -0.0329. The van der Waals surface area contributed by atoms with E-state index in [-0.39, 0.29) is 0 Å². The number of nitrogens with zero attached hydrogens (tertiary/aromatic N) is 1. The first-order chi connectivity index (χ1) is 8.13. The molecule has 0 amide bonds. The Labute approximate surface area is 106 Å². The molecule has 0 aromatic rings. The molecule has 0 radical (unpaired) electrons. The van der Waals surface area contributed by atoms with Crippen molar-refractivity contribution in [2.45, 2.75) is 70.4 Å². The van der Waals surface area contributed by atoms with Gasteiger partial charge in [0.05, 0.1) is 5.60 Å². The predicted molar refractivity (Wildman–Crippen MR) is 72.1 cm³/mol. The third-order valence-electron chi connectivity index (χ3n) is 4.31. The number of unbranched alkanes of at least 4 members (excludes halogenated alkanes) is 3. The lowest BCUT2D eigenvalue weighted by atomic mass is 9.83. The molecule has 2 heteroatoms. The predicted octanol–water partition coefficient (Wildman–Crippen LogP) is 3.11. The van der Waals surface area contributed by atoms with Gasteiger partial charge in [0.1, 0.15) is 0 Å². The molecule has 2 nitrogen and oxygen atoms in total. The maximum atomic E-state index is 10.5. The molecule has 17 heavy (non-hydrogen) atoms. The van der Waals surface area contributed by atoms with Crippen molar-refractivity contribution in [2.75, 3.05) is 13.1 Å². The van der Waals surface area contributed by atoms with E-state index in [0.29, 0.717) is 6.04 Å². The van der Waals surface area contributed by atoms with Crippen molar-refractivity contribution >= 4 is 0 Å². The largest absolute Gasteiger partial charge is 0.388 e. The number of hydrogen-bond donors (Lipinski definition) is 1. The summed E-state index contributed by atoms with van der Waals surface area (Å²) in [7, 11) is 0. The van der Waals surface area contributed by atoms with E-state index in [0.717, 1.165) is 13.0 Å². The molecule has 2 atom stereocenters. The fourth-order valence-corrected chi connectivity index (χ4v) is 3.45. The van der Waals surface area contributed by atoms with Crippen LogP contribution in [0.1, 0.15) is 58.8 Å². The Hall–Kier alpha value is -0.340. The van der Waals surface area contributed by atoms with Crippen molar-refractivity contribution in [3.63, 3.8) is 0 Å². The monoisotopic (exact) mass is 237 g/mol. The Morgan fingerprint density at radius 1 is 1.47 bits per heavy atom. The first kappa shape index (κ1) is 13.1. The van der Waals surface area contributed by atoms with Gasteiger partial charge in [0.2, 0.25) is 0 Å². The van der Waals surface area contributed by atoms with E-state index in [1.165, 1.54) is 50.6 Å². The van der Waals surface area contributed by atoms with Crippen molar-refractivity contribution in [3.8, 4) is 0 Å². The van der Waals surface area contributed by atoms with Gasteiger partial charge in [-0.1, -0.05) is 31.4 Å². The van der Waals surface area contributed by atoms with Crippen LogP contribution in [0.3, 0.4) is 0 Å². The van der Waals surface area contributed by atoms with Gasteiger partial charge in [0.25, 0.3) is 0 Å². The molecule has 0 aromatic carbocycles. The second-order valence-corrected chi connectivity index (χ2v) is 6.02. The molecule has 0 saturated carbocycles. The summed E-state index contributed by atoms with van der Waals surface area (Å²) in [5.41, 5.74) is 0.968. The van der Waals surface area contributed by atoms with E-state index in [2.05, 4.69) is 17.9 Å². The maximum absolute atomic E-state index is 10.5. The first-order valence-electron chi connectivity index (χ1n) is 7.28. The lowest BCUT2D eigenvalue weighted by Crippen LogP contribution is -2.52. The summed E-state index contributed by atoms with van der Waals surface area (Å²) in [4.78, 5) is 2.48. The fourth-order valence-electron chi connectivity index (χ4n) is 3.45. The summed E-state index contributed by atoms with van der Waals surface area (Å²) in [6.45, 7) is 6.54. The second kappa shape index (κ2) is 5.53. The minimum absolute atomic E-state index is 0.412. The number of fused-ring (bicyclic) bond motifs is 1. The van der Waals surface area contributed by atoms with Crippen LogP contribution in [0.2, 0.25) is 0 Å². The summed E-state index contributed by atoms with van der Waals surface area (Å²) in [5, 5.41) is 10.5. The van der Waals surface area contributed by atoms with E-state index in [1.807, 2.05) is 6.92 Å². The van der Waals surface area contributed by atoms with E-state index in [9.17, 15) is 5.11 Å². The van der Waals surface area contributed by atoms with Gasteiger partial charge >= 0.3 is 0 Å². The Bertz CT molecular complexity index is 283. The SMILES string of the molecule is CCCCC/C=C1\CN2CCC[C@H]2[C@@](C)(O)C1. The number of piperidine rings is 1. The molecular weight excluding hydrogens is 210 g/mol. The van der Waals surface area contributed by atoms with Gasteiger partial charge in [0, 0.05) is 12.6 Å². The minimum atomic E-state index is -0.495. The Morgan fingerprint density at radius 3 is 3.06 bits per heavy atom. The van der Waals surface area contributed by atoms with Gasteiger partial charge in [-0.2, -0.15) is 0 Å². The zero-order chi connectivity index (χ0) is 12.3. The van der Waals surface area contributed by atoms with E-state index in [4.69, 9.17) is 0 Å². The summed E-state index contributed by atoms with van der Waals surface area (Å²) < 4.78 is 0. The smallest absolute Gasteiger partial charge is 0.0811 e. The standard InChI is InChI=1S/C15H27NO/c1-3-4-5-6-8-13-11-15(2,17)14-9-7-10-16(14)12-13/h8,14,17H,3-7,9-12H2,1-2H3/b13-8-/t14-,15-/m0/s1. The van der Waals surface area contributed by atoms with Gasteiger partial charge in [-0.05, 0) is 45.6 Å². The van der Waals surface area contributed by atoms with Crippen LogP contribution >= 0.6 is 0 Å². The average molecular weight is 237 g/mol. The second-order valence-electron chi connectivity index (χ2n) is 6.02. The van der Waals surface area contributed by atoms with Crippen molar-refractivity contribution in [1.82, 2.24) is 4.90 Å². The number of rotatable bonds is 4. The number of aliphatic hydroxyl groups is 1. The van der Waals surface area contributed by atoms with Crippen molar-refractivity contribution in [1.29, 1.82) is 0 Å². The maximum Gasteiger partial charge on any atom is 0.0811 e. The summed E-state index contributed by atoms with van der Waals surface area (Å²) in [6.07, 6.45) is 10.8. The van der Waals surface area contributed by atoms with Gasteiger partial charge < -0.3 is 5.11 Å². The molecule has 0 aliphatic carbocycles. The normalized spacial score (nSPS) is 36.4. The highest BCUT2D eigenvalue weighted by atomic mass is 16.3. The molecule has 2 fully saturated rings. The van der Waals surface area contributed by atoms with Crippen LogP contribution in [-0.4, -0.2) is 34.7 Å². The van der Waals surface area contributed by atoms with E-state index >= 15 is 0 Å². The molecule has 2 rings (SSSR count). The molecule has 0 bridgehead atoms. The molecule has 0 spiro atoms. The zero-order valence-electron chi connectivity index (χ0n) is 11.4. The van der Waals surface area contributed by atoms with Crippen molar-refractivity contribution < 1.29 is 5.11 Å². The highest BCUT2D eigenvalue weighted by molar-refractivity contribution is 5.16. The molecule has 98 valence electrons. The molecule has 2 aliphatic rings. The molecule has 0 aromatic heterocycles. The van der Waals surface area contributed by atoms with E-state index < -0.39 is 5.60 Å². The van der Waals surface area contributed by atoms with Crippen LogP contribution in [0.25, 0.3) is 0 Å². The summed E-state index contributed by atoms with van der Waals surface area (Å²) in [5.74, 6) is 0. The van der Waals surface area contributed by atoms with Gasteiger partial charge in [-0.25, -0.2) is 0 Å². The Morgan fingerprint density at radius 2 is 2.29 bits per heavy atom. The molecule has 0 unspecified atom stereocenters. The van der Waals surface area contributed by atoms with Crippen LogP contribution < -0.4 is 0 Å². The number of allylic oxidation sites excluding steroid dienone is 1. The van der Waals surface area contributed by atoms with E-state index in [1.54, 1.807) is 0 Å². The molecule has 2 heterocycles. The third kappa shape index (κ3) is 3.11. The average Bonchev–Trinajstić information content (AvgIpc) is 2.72.